The number of aliphatic carboxylic acids is 1. The Hall–Kier alpha value is -1.92. The third-order valence-corrected chi connectivity index (χ3v) is 3.46. The standard InChI is InChI=1S/C15H19NO5/c1-20-8-7-12(15(18)19)16-14(17)13-11-5-3-2-4-10(11)6-9-21-13/h2-5,12-13H,6-9H2,1H3,(H,16,17)(H,18,19)/t12-,13-/m1/s1. The highest BCUT2D eigenvalue weighted by molar-refractivity contribution is 5.87. The molecule has 0 saturated carbocycles. The highest BCUT2D eigenvalue weighted by atomic mass is 16.5. The van der Waals surface area contributed by atoms with Crippen molar-refractivity contribution in [3.63, 3.8) is 0 Å². The van der Waals surface area contributed by atoms with Crippen molar-refractivity contribution in [3.05, 3.63) is 35.4 Å². The predicted octanol–water partition coefficient (Wildman–Crippen LogP) is 0.906. The Morgan fingerprint density at radius 2 is 2.24 bits per heavy atom. The molecule has 2 rings (SSSR count). The first-order valence-electron chi connectivity index (χ1n) is 6.85. The maximum Gasteiger partial charge on any atom is 0.326 e. The van der Waals surface area contributed by atoms with E-state index in [9.17, 15) is 9.59 Å². The first-order chi connectivity index (χ1) is 10.1. The van der Waals surface area contributed by atoms with E-state index in [1.54, 1.807) is 0 Å². The Morgan fingerprint density at radius 1 is 1.48 bits per heavy atom. The van der Waals surface area contributed by atoms with E-state index in [1.165, 1.54) is 7.11 Å². The molecule has 1 aliphatic heterocycles. The van der Waals surface area contributed by atoms with Gasteiger partial charge in [0, 0.05) is 20.1 Å². The number of methoxy groups -OCH3 is 1. The minimum absolute atomic E-state index is 0.214. The average Bonchev–Trinajstić information content (AvgIpc) is 2.50. The molecule has 0 saturated heterocycles. The molecule has 6 heteroatoms. The summed E-state index contributed by atoms with van der Waals surface area (Å²) in [6.45, 7) is 0.713. The molecule has 0 bridgehead atoms. The van der Waals surface area contributed by atoms with E-state index in [4.69, 9.17) is 14.6 Å². The largest absolute Gasteiger partial charge is 0.480 e. The molecule has 0 radical (unpaired) electrons. The summed E-state index contributed by atoms with van der Waals surface area (Å²) < 4.78 is 10.4. The van der Waals surface area contributed by atoms with Gasteiger partial charge in [0.2, 0.25) is 0 Å². The number of fused-ring (bicyclic) bond motifs is 1. The van der Waals surface area contributed by atoms with Gasteiger partial charge in [0.15, 0.2) is 6.10 Å². The summed E-state index contributed by atoms with van der Waals surface area (Å²) in [5, 5.41) is 11.6. The first kappa shape index (κ1) is 15.5. The fourth-order valence-corrected chi connectivity index (χ4v) is 2.35. The van der Waals surface area contributed by atoms with E-state index in [-0.39, 0.29) is 13.0 Å². The molecule has 1 aromatic carbocycles. The van der Waals surface area contributed by atoms with Crippen LogP contribution in [0.25, 0.3) is 0 Å². The van der Waals surface area contributed by atoms with Gasteiger partial charge in [-0.25, -0.2) is 4.79 Å². The molecule has 0 spiro atoms. The molecule has 6 nitrogen and oxygen atoms in total. The van der Waals surface area contributed by atoms with E-state index in [1.807, 2.05) is 24.3 Å². The molecule has 1 amide bonds. The van der Waals surface area contributed by atoms with Crippen molar-refractivity contribution in [2.75, 3.05) is 20.3 Å². The zero-order valence-electron chi connectivity index (χ0n) is 11.9. The molecular weight excluding hydrogens is 274 g/mol. The third kappa shape index (κ3) is 3.80. The number of rotatable bonds is 6. The molecule has 0 unspecified atom stereocenters. The van der Waals surface area contributed by atoms with Gasteiger partial charge in [-0.3, -0.25) is 4.79 Å². The van der Waals surface area contributed by atoms with Gasteiger partial charge in [-0.15, -0.1) is 0 Å². The van der Waals surface area contributed by atoms with Crippen LogP contribution in [0.4, 0.5) is 0 Å². The molecular formula is C15H19NO5. The van der Waals surface area contributed by atoms with Crippen LogP contribution in [-0.2, 0) is 25.5 Å². The number of carbonyl (C=O) groups is 2. The van der Waals surface area contributed by atoms with Crippen LogP contribution in [0.5, 0.6) is 0 Å². The second-order valence-corrected chi connectivity index (χ2v) is 4.88. The number of carbonyl (C=O) groups excluding carboxylic acids is 1. The van der Waals surface area contributed by atoms with Gasteiger partial charge in [0.25, 0.3) is 5.91 Å². The van der Waals surface area contributed by atoms with Crippen LogP contribution in [0, 0.1) is 0 Å². The Morgan fingerprint density at radius 3 is 2.95 bits per heavy atom. The number of amides is 1. The van der Waals surface area contributed by atoms with E-state index in [0.717, 1.165) is 17.5 Å². The molecule has 0 fully saturated rings. The number of hydrogen-bond acceptors (Lipinski definition) is 4. The summed E-state index contributed by atoms with van der Waals surface area (Å²) in [6, 6.07) is 6.57. The quantitative estimate of drug-likeness (QED) is 0.814. The van der Waals surface area contributed by atoms with Gasteiger partial charge in [-0.05, 0) is 17.5 Å². The molecule has 1 aromatic rings. The van der Waals surface area contributed by atoms with Crippen molar-refractivity contribution in [2.24, 2.45) is 0 Å². The lowest BCUT2D eigenvalue weighted by molar-refractivity contribution is -0.145. The van der Waals surface area contributed by atoms with Gasteiger partial charge >= 0.3 is 5.97 Å². The van der Waals surface area contributed by atoms with E-state index in [0.29, 0.717) is 6.61 Å². The van der Waals surface area contributed by atoms with Crippen molar-refractivity contribution in [1.29, 1.82) is 0 Å². The number of hydrogen-bond donors (Lipinski definition) is 2. The lowest BCUT2D eigenvalue weighted by atomic mass is 9.97. The Bertz CT molecular complexity index is 517. The molecule has 21 heavy (non-hydrogen) atoms. The molecule has 114 valence electrons. The van der Waals surface area contributed by atoms with Gasteiger partial charge in [-0.1, -0.05) is 24.3 Å². The number of carboxylic acid groups (broad SMARTS) is 1. The maximum absolute atomic E-state index is 12.3. The lowest BCUT2D eigenvalue weighted by Gasteiger charge is -2.26. The zero-order valence-corrected chi connectivity index (χ0v) is 11.9. The lowest BCUT2D eigenvalue weighted by Crippen LogP contribution is -2.44. The second-order valence-electron chi connectivity index (χ2n) is 4.88. The van der Waals surface area contributed by atoms with Crippen molar-refractivity contribution < 1.29 is 24.2 Å². The van der Waals surface area contributed by atoms with Crippen LogP contribution < -0.4 is 5.32 Å². The highest BCUT2D eigenvalue weighted by Gasteiger charge is 2.30. The SMILES string of the molecule is COCC[C@@H](NC(=O)[C@@H]1OCCc2ccccc21)C(=O)O. The van der Waals surface area contributed by atoms with Crippen molar-refractivity contribution in [2.45, 2.75) is 25.0 Å². The van der Waals surface area contributed by atoms with Crippen LogP contribution in [-0.4, -0.2) is 43.3 Å². The van der Waals surface area contributed by atoms with Crippen molar-refractivity contribution in [3.8, 4) is 0 Å². The summed E-state index contributed by atoms with van der Waals surface area (Å²) in [4.78, 5) is 23.5. The Kier molecular flexibility index (Phi) is 5.30. The molecule has 2 N–H and O–H groups in total. The Labute approximate surface area is 123 Å². The normalized spacial score (nSPS) is 18.6. The van der Waals surface area contributed by atoms with Gasteiger partial charge in [0.05, 0.1) is 6.61 Å². The van der Waals surface area contributed by atoms with Crippen molar-refractivity contribution in [1.82, 2.24) is 5.32 Å². The van der Waals surface area contributed by atoms with E-state index >= 15 is 0 Å². The van der Waals surface area contributed by atoms with Gasteiger partial charge in [0.1, 0.15) is 6.04 Å². The fourth-order valence-electron chi connectivity index (χ4n) is 2.35. The number of benzene rings is 1. The summed E-state index contributed by atoms with van der Waals surface area (Å²) in [7, 11) is 1.49. The molecule has 0 aliphatic carbocycles. The Balaban J connectivity index is 2.08. The minimum atomic E-state index is -1.08. The number of nitrogens with one attached hydrogen (secondary N) is 1. The third-order valence-electron chi connectivity index (χ3n) is 3.46. The highest BCUT2D eigenvalue weighted by Crippen LogP contribution is 2.27. The molecule has 2 atom stereocenters. The summed E-state index contributed by atoms with van der Waals surface area (Å²) in [6.07, 6.45) is 0.220. The molecule has 0 aromatic heterocycles. The van der Waals surface area contributed by atoms with Crippen LogP contribution in [0.3, 0.4) is 0 Å². The summed E-state index contributed by atoms with van der Waals surface area (Å²) >= 11 is 0. The van der Waals surface area contributed by atoms with Crippen LogP contribution in [0.15, 0.2) is 24.3 Å². The number of ether oxygens (including phenoxy) is 2. The monoisotopic (exact) mass is 293 g/mol. The van der Waals surface area contributed by atoms with Crippen LogP contribution in [0.2, 0.25) is 0 Å². The predicted molar refractivity (Wildman–Crippen MR) is 74.9 cm³/mol. The van der Waals surface area contributed by atoms with Gasteiger partial charge in [-0.2, -0.15) is 0 Å². The maximum atomic E-state index is 12.3. The first-order valence-corrected chi connectivity index (χ1v) is 6.85. The summed E-state index contributed by atoms with van der Waals surface area (Å²) in [5.74, 6) is -1.50. The van der Waals surface area contributed by atoms with Gasteiger partial charge < -0.3 is 19.9 Å². The fraction of sp³-hybridized carbons (Fsp3) is 0.467. The molecule has 1 heterocycles. The topological polar surface area (TPSA) is 84.9 Å². The molecule has 1 aliphatic rings. The minimum Gasteiger partial charge on any atom is -0.480 e. The number of carboxylic acids is 1. The second kappa shape index (κ2) is 7.19. The van der Waals surface area contributed by atoms with E-state index < -0.39 is 24.0 Å². The average molecular weight is 293 g/mol. The van der Waals surface area contributed by atoms with Crippen LogP contribution in [0.1, 0.15) is 23.7 Å². The smallest absolute Gasteiger partial charge is 0.326 e. The summed E-state index contributed by atoms with van der Waals surface area (Å²) in [5.41, 5.74) is 1.87. The van der Waals surface area contributed by atoms with Crippen LogP contribution >= 0.6 is 0 Å². The van der Waals surface area contributed by atoms with Crippen molar-refractivity contribution >= 4 is 11.9 Å². The van der Waals surface area contributed by atoms with E-state index in [2.05, 4.69) is 5.32 Å². The zero-order chi connectivity index (χ0) is 15.2.